The highest BCUT2D eigenvalue weighted by molar-refractivity contribution is 6.20. The van der Waals surface area contributed by atoms with Crippen molar-refractivity contribution >= 4 is 60.7 Å². The van der Waals surface area contributed by atoms with Gasteiger partial charge in [0.25, 0.3) is 0 Å². The molecule has 2 aromatic heterocycles. The fourth-order valence-electron chi connectivity index (χ4n) is 13.2. The smallest absolute Gasteiger partial charge is 0.144 e. The Morgan fingerprint density at radius 1 is 0.400 bits per heavy atom. The third-order valence-corrected chi connectivity index (χ3v) is 16.5. The minimum Gasteiger partial charge on any atom is -0.455 e. The van der Waals surface area contributed by atoms with Crippen LogP contribution in [0.25, 0.3) is 127 Å². The van der Waals surface area contributed by atoms with Crippen molar-refractivity contribution in [2.75, 3.05) is 0 Å². The van der Waals surface area contributed by atoms with E-state index >= 15 is 0 Å². The first-order valence-electron chi connectivity index (χ1n) is 24.9. The predicted molar refractivity (Wildman–Crippen MR) is 293 cm³/mol. The van der Waals surface area contributed by atoms with Gasteiger partial charge in [-0.1, -0.05) is 198 Å². The molecule has 0 saturated heterocycles. The van der Waals surface area contributed by atoms with E-state index in [0.717, 1.165) is 45.9 Å². The van der Waals surface area contributed by atoms with E-state index in [1.807, 2.05) is 0 Å². The molecule has 2 heterocycles. The highest BCUT2D eigenvalue weighted by Crippen LogP contribution is 2.63. The minimum absolute atomic E-state index is 0.347. The number of para-hydroxylation sites is 2. The average molecular weight is 897 g/mol. The van der Waals surface area contributed by atoms with Crippen molar-refractivity contribution in [1.82, 2.24) is 0 Å². The van der Waals surface area contributed by atoms with Gasteiger partial charge in [-0.15, -0.1) is 0 Å². The monoisotopic (exact) mass is 896 g/mol. The summed E-state index contributed by atoms with van der Waals surface area (Å²) >= 11 is 0. The zero-order chi connectivity index (χ0) is 46.6. The average Bonchev–Trinajstić information content (AvgIpc) is 4.11. The summed E-state index contributed by atoms with van der Waals surface area (Å²) in [5, 5.41) is 7.14. The van der Waals surface area contributed by atoms with E-state index < -0.39 is 0 Å². The number of hydrogen-bond donors (Lipinski definition) is 0. The lowest BCUT2D eigenvalue weighted by atomic mass is 9.72. The zero-order valence-corrected chi connectivity index (χ0v) is 39.7. The van der Waals surface area contributed by atoms with Crippen molar-refractivity contribution in [2.24, 2.45) is 0 Å². The number of aryl methyl sites for hydroxylation is 1. The highest BCUT2D eigenvalue weighted by Gasteiger charge is 2.48. The maximum absolute atomic E-state index is 7.09. The molecule has 0 amide bonds. The van der Waals surface area contributed by atoms with E-state index in [0.29, 0.717) is 0 Å². The van der Waals surface area contributed by atoms with Gasteiger partial charge in [0.15, 0.2) is 0 Å². The second kappa shape index (κ2) is 14.2. The SMILES string of the molecule is CC1(C)c2cc(-c3ccc(-c4cccc5c4C=CCC5)cc3)c3c(oc4ccccc43)c2-c2ccc3c(c21)C(C)(C)c1cc(-c2ccc(-c4cccc5ccccc45)cc2)c2c(oc4ccccc42)c1-3. The Balaban J connectivity index is 0.914. The minimum atomic E-state index is -0.350. The molecule has 12 aromatic rings. The van der Waals surface area contributed by atoms with Crippen LogP contribution in [-0.4, -0.2) is 0 Å². The lowest BCUT2D eigenvalue weighted by molar-refractivity contribution is 0.600. The summed E-state index contributed by atoms with van der Waals surface area (Å²) in [6.45, 7) is 9.74. The van der Waals surface area contributed by atoms with E-state index in [4.69, 9.17) is 8.83 Å². The summed E-state index contributed by atoms with van der Waals surface area (Å²) in [7, 11) is 0. The van der Waals surface area contributed by atoms with E-state index in [-0.39, 0.29) is 10.8 Å². The quantitative estimate of drug-likeness (QED) is 0.176. The zero-order valence-electron chi connectivity index (χ0n) is 39.7. The summed E-state index contributed by atoms with van der Waals surface area (Å²) in [5.74, 6) is 0. The lowest BCUT2D eigenvalue weighted by Crippen LogP contribution is -2.24. The standard InChI is InChI=1S/C68H48O2/c1-67(2)55-37-53(43-31-27-41(28-32-43)47-23-13-17-39-15-5-7-19-45(39)47)59-49-21-9-11-25-57(49)69-65(59)61(55)51-35-36-52-62-56(68(3,4)64(52)63(51)67)38-54(60-50-22-10-12-26-58(50)70-66(60)62)44-33-29-42(30-34-44)48-24-14-18-40-16-6-8-20-46(40)48/h5,7-15,17-38H,6,16H2,1-4H3. The maximum atomic E-state index is 7.09. The van der Waals surface area contributed by atoms with Crippen molar-refractivity contribution in [3.8, 4) is 66.8 Å². The third kappa shape index (κ3) is 5.34. The third-order valence-electron chi connectivity index (χ3n) is 16.5. The summed E-state index contributed by atoms with van der Waals surface area (Å²) in [6, 6.07) is 67.4. The summed E-state index contributed by atoms with van der Waals surface area (Å²) in [6.07, 6.45) is 6.82. The molecule has 3 aliphatic carbocycles. The first-order valence-corrected chi connectivity index (χ1v) is 24.9. The van der Waals surface area contributed by atoms with Crippen LogP contribution in [0.1, 0.15) is 67.5 Å². The Morgan fingerprint density at radius 3 is 1.43 bits per heavy atom. The van der Waals surface area contributed by atoms with Gasteiger partial charge in [0.2, 0.25) is 0 Å². The molecule has 0 saturated carbocycles. The van der Waals surface area contributed by atoms with Crippen molar-refractivity contribution < 1.29 is 8.83 Å². The van der Waals surface area contributed by atoms with Crippen molar-refractivity contribution in [2.45, 2.75) is 51.4 Å². The Morgan fingerprint density at radius 2 is 0.857 bits per heavy atom. The Kier molecular flexibility index (Phi) is 8.06. The van der Waals surface area contributed by atoms with Crippen LogP contribution in [0.2, 0.25) is 0 Å². The van der Waals surface area contributed by atoms with Gasteiger partial charge in [-0.3, -0.25) is 0 Å². The highest BCUT2D eigenvalue weighted by atomic mass is 16.3. The number of rotatable bonds is 4. The van der Waals surface area contributed by atoms with Crippen LogP contribution in [0.3, 0.4) is 0 Å². The molecule has 2 nitrogen and oxygen atoms in total. The number of hydrogen-bond acceptors (Lipinski definition) is 2. The molecular formula is C68H48O2. The normalized spacial score (nSPS) is 14.9. The van der Waals surface area contributed by atoms with E-state index in [9.17, 15) is 0 Å². The molecule has 0 spiro atoms. The van der Waals surface area contributed by atoms with Crippen molar-refractivity contribution in [3.63, 3.8) is 0 Å². The topological polar surface area (TPSA) is 26.3 Å². The molecule has 0 unspecified atom stereocenters. The van der Waals surface area contributed by atoms with Gasteiger partial charge >= 0.3 is 0 Å². The van der Waals surface area contributed by atoms with Gasteiger partial charge in [0.1, 0.15) is 22.3 Å². The molecular weight excluding hydrogens is 849 g/mol. The van der Waals surface area contributed by atoms with E-state index in [2.05, 4.69) is 222 Å². The van der Waals surface area contributed by atoms with Gasteiger partial charge in [-0.25, -0.2) is 0 Å². The molecule has 0 radical (unpaired) electrons. The van der Waals surface area contributed by atoms with Crippen LogP contribution in [0.4, 0.5) is 0 Å². The molecule has 0 aliphatic heterocycles. The number of allylic oxidation sites excluding steroid dienone is 1. The van der Waals surface area contributed by atoms with Gasteiger partial charge < -0.3 is 8.83 Å². The van der Waals surface area contributed by atoms with Crippen LogP contribution < -0.4 is 0 Å². The molecule has 15 rings (SSSR count). The van der Waals surface area contributed by atoms with Crippen molar-refractivity contribution in [3.05, 3.63) is 221 Å². The number of fused-ring (bicyclic) bond motifs is 17. The molecule has 0 N–H and O–H groups in total. The molecule has 10 aromatic carbocycles. The number of benzene rings is 10. The fourth-order valence-corrected chi connectivity index (χ4v) is 13.2. The van der Waals surface area contributed by atoms with Crippen LogP contribution in [0, 0.1) is 0 Å². The second-order valence-corrected chi connectivity index (χ2v) is 21.0. The molecule has 332 valence electrons. The molecule has 3 aliphatic rings. The number of furan rings is 2. The van der Waals surface area contributed by atoms with Gasteiger partial charge in [-0.2, -0.15) is 0 Å². The summed E-state index contributed by atoms with van der Waals surface area (Å²) in [4.78, 5) is 0. The van der Waals surface area contributed by atoms with Gasteiger partial charge in [-0.05, 0) is 137 Å². The van der Waals surface area contributed by atoms with Crippen molar-refractivity contribution in [1.29, 1.82) is 0 Å². The fraction of sp³-hybridized carbons (Fsp3) is 0.118. The van der Waals surface area contributed by atoms with Gasteiger partial charge in [0, 0.05) is 43.5 Å². The Bertz CT molecular complexity index is 4260. The molecule has 2 heteroatoms. The van der Waals surface area contributed by atoms with Gasteiger partial charge in [0.05, 0.1) is 0 Å². The molecule has 0 atom stereocenters. The first-order chi connectivity index (χ1) is 34.2. The molecule has 70 heavy (non-hydrogen) atoms. The largest absolute Gasteiger partial charge is 0.455 e. The van der Waals surface area contributed by atoms with E-state index in [1.165, 1.54) is 122 Å². The van der Waals surface area contributed by atoms with Crippen LogP contribution >= 0.6 is 0 Å². The molecule has 0 fully saturated rings. The first kappa shape index (κ1) is 39.8. The van der Waals surface area contributed by atoms with E-state index in [1.54, 1.807) is 0 Å². The van der Waals surface area contributed by atoms with Crippen LogP contribution in [0.15, 0.2) is 197 Å². The van der Waals surface area contributed by atoms with Crippen LogP contribution in [0.5, 0.6) is 0 Å². The predicted octanol–water partition coefficient (Wildman–Crippen LogP) is 18.9. The summed E-state index contributed by atoms with van der Waals surface area (Å²) in [5.41, 5.74) is 25.9. The second-order valence-electron chi connectivity index (χ2n) is 21.0. The summed E-state index contributed by atoms with van der Waals surface area (Å²) < 4.78 is 14.2. The Labute approximate surface area is 407 Å². The molecule has 0 bridgehead atoms. The lowest BCUT2D eigenvalue weighted by Gasteiger charge is -2.31. The maximum Gasteiger partial charge on any atom is 0.144 e. The van der Waals surface area contributed by atoms with Crippen LogP contribution in [-0.2, 0) is 17.3 Å². The Hall–Kier alpha value is -8.20.